The zero-order valence-corrected chi connectivity index (χ0v) is 15.3. The van der Waals surface area contributed by atoms with E-state index in [4.69, 9.17) is 16.3 Å². The predicted octanol–water partition coefficient (Wildman–Crippen LogP) is 3.65. The number of hydrogen-bond donors (Lipinski definition) is 0. The van der Waals surface area contributed by atoms with Crippen molar-refractivity contribution in [3.63, 3.8) is 0 Å². The molecule has 0 N–H and O–H groups in total. The maximum Gasteiger partial charge on any atom is 0.343 e. The van der Waals surface area contributed by atoms with Crippen LogP contribution in [0.4, 0.5) is 0 Å². The van der Waals surface area contributed by atoms with E-state index in [0.29, 0.717) is 18.8 Å². The Hall–Kier alpha value is -1.89. The number of carbonyl (C=O) groups is 1. The largest absolute Gasteiger partial charge is 0.423 e. The highest BCUT2D eigenvalue weighted by atomic mass is 35.5. The van der Waals surface area contributed by atoms with Crippen LogP contribution in [0.15, 0.2) is 47.4 Å². The van der Waals surface area contributed by atoms with Crippen LogP contribution >= 0.6 is 11.6 Å². The number of sulfonamides is 1. The van der Waals surface area contributed by atoms with Crippen molar-refractivity contribution in [1.29, 1.82) is 0 Å². The first kappa shape index (κ1) is 17.9. The SMILES string of the molecule is Cc1cccc(OC(=O)c2ccc(Cl)c(S(=O)(=O)N3CCCC3)c2)c1. The molecule has 5 nitrogen and oxygen atoms in total. The minimum Gasteiger partial charge on any atom is -0.423 e. The second-order valence-corrected chi connectivity index (χ2v) is 8.28. The molecule has 1 heterocycles. The van der Waals surface area contributed by atoms with Crippen molar-refractivity contribution < 1.29 is 17.9 Å². The average Bonchev–Trinajstić information content (AvgIpc) is 3.10. The third-order valence-electron chi connectivity index (χ3n) is 4.05. The number of halogens is 1. The Morgan fingerprint density at radius 3 is 2.52 bits per heavy atom. The molecule has 132 valence electrons. The van der Waals surface area contributed by atoms with Gasteiger partial charge in [-0.05, 0) is 55.7 Å². The van der Waals surface area contributed by atoms with Gasteiger partial charge in [-0.1, -0.05) is 23.7 Å². The van der Waals surface area contributed by atoms with Gasteiger partial charge in [-0.3, -0.25) is 0 Å². The lowest BCUT2D eigenvalue weighted by Gasteiger charge is -2.17. The summed E-state index contributed by atoms with van der Waals surface area (Å²) in [5, 5.41) is 0.0963. The van der Waals surface area contributed by atoms with E-state index in [1.807, 2.05) is 13.0 Å². The van der Waals surface area contributed by atoms with Crippen molar-refractivity contribution >= 4 is 27.6 Å². The molecular formula is C18H18ClNO4S. The summed E-state index contributed by atoms with van der Waals surface area (Å²) in [6, 6.07) is 11.2. The van der Waals surface area contributed by atoms with Gasteiger partial charge in [0.2, 0.25) is 10.0 Å². The molecule has 0 radical (unpaired) electrons. The van der Waals surface area contributed by atoms with Crippen LogP contribution in [0.1, 0.15) is 28.8 Å². The molecule has 1 aliphatic heterocycles. The molecule has 2 aromatic carbocycles. The molecular weight excluding hydrogens is 362 g/mol. The predicted molar refractivity (Wildman–Crippen MR) is 95.6 cm³/mol. The first-order chi connectivity index (χ1) is 11.9. The van der Waals surface area contributed by atoms with E-state index < -0.39 is 16.0 Å². The van der Waals surface area contributed by atoms with Gasteiger partial charge in [-0.2, -0.15) is 4.31 Å². The Bertz CT molecular complexity index is 905. The van der Waals surface area contributed by atoms with Gasteiger partial charge < -0.3 is 4.74 Å². The molecule has 0 saturated carbocycles. The number of nitrogens with zero attached hydrogens (tertiary/aromatic N) is 1. The van der Waals surface area contributed by atoms with E-state index in [1.54, 1.807) is 18.2 Å². The van der Waals surface area contributed by atoms with E-state index in [9.17, 15) is 13.2 Å². The fourth-order valence-corrected chi connectivity index (χ4v) is 4.76. The number of esters is 1. The van der Waals surface area contributed by atoms with Crippen LogP contribution in [0.3, 0.4) is 0 Å². The number of carbonyl (C=O) groups excluding carboxylic acids is 1. The number of rotatable bonds is 4. The van der Waals surface area contributed by atoms with Crippen LogP contribution in [0.2, 0.25) is 5.02 Å². The van der Waals surface area contributed by atoms with Gasteiger partial charge in [0.05, 0.1) is 10.6 Å². The Balaban J connectivity index is 1.89. The number of aryl methyl sites for hydroxylation is 1. The van der Waals surface area contributed by atoms with E-state index in [0.717, 1.165) is 18.4 Å². The highest BCUT2D eigenvalue weighted by Gasteiger charge is 2.30. The summed E-state index contributed by atoms with van der Waals surface area (Å²) in [6.45, 7) is 2.83. The summed E-state index contributed by atoms with van der Waals surface area (Å²) in [6.07, 6.45) is 1.65. The third-order valence-corrected chi connectivity index (χ3v) is 6.43. The first-order valence-electron chi connectivity index (χ1n) is 7.96. The van der Waals surface area contributed by atoms with Gasteiger partial charge in [-0.25, -0.2) is 13.2 Å². The van der Waals surface area contributed by atoms with Gasteiger partial charge in [-0.15, -0.1) is 0 Å². The van der Waals surface area contributed by atoms with Crippen LogP contribution < -0.4 is 4.74 Å². The lowest BCUT2D eigenvalue weighted by atomic mass is 10.2. The maximum atomic E-state index is 12.7. The fraction of sp³-hybridized carbons (Fsp3) is 0.278. The van der Waals surface area contributed by atoms with E-state index in [2.05, 4.69) is 0 Å². The van der Waals surface area contributed by atoms with Crippen molar-refractivity contribution in [3.05, 3.63) is 58.6 Å². The molecule has 0 atom stereocenters. The van der Waals surface area contributed by atoms with Gasteiger partial charge in [0.25, 0.3) is 0 Å². The van der Waals surface area contributed by atoms with Gasteiger partial charge >= 0.3 is 5.97 Å². The Morgan fingerprint density at radius 1 is 1.12 bits per heavy atom. The van der Waals surface area contributed by atoms with Crippen LogP contribution in [0.25, 0.3) is 0 Å². The molecule has 7 heteroatoms. The van der Waals surface area contributed by atoms with E-state index in [-0.39, 0.29) is 15.5 Å². The average molecular weight is 380 g/mol. The zero-order chi connectivity index (χ0) is 18.0. The molecule has 2 aromatic rings. The van der Waals surface area contributed by atoms with Crippen molar-refractivity contribution in [2.45, 2.75) is 24.7 Å². The summed E-state index contributed by atoms with van der Waals surface area (Å²) in [5.41, 5.74) is 1.10. The standard InChI is InChI=1S/C18H18ClNO4S/c1-13-5-4-6-15(11-13)24-18(21)14-7-8-16(19)17(12-14)25(22,23)20-9-2-3-10-20/h4-8,11-12H,2-3,9-10H2,1H3. The minimum atomic E-state index is -3.71. The fourth-order valence-electron chi connectivity index (χ4n) is 2.74. The van der Waals surface area contributed by atoms with Gasteiger partial charge in [0.15, 0.2) is 0 Å². The van der Waals surface area contributed by atoms with Crippen LogP contribution in [0, 0.1) is 6.92 Å². The van der Waals surface area contributed by atoms with Crippen LogP contribution in [-0.2, 0) is 10.0 Å². The summed E-state index contributed by atoms with van der Waals surface area (Å²) < 4.78 is 32.2. The van der Waals surface area contributed by atoms with Crippen LogP contribution in [0.5, 0.6) is 5.75 Å². The molecule has 0 amide bonds. The molecule has 1 aliphatic rings. The zero-order valence-electron chi connectivity index (χ0n) is 13.7. The second-order valence-electron chi connectivity index (χ2n) is 5.96. The highest BCUT2D eigenvalue weighted by Crippen LogP contribution is 2.28. The number of ether oxygens (including phenoxy) is 1. The topological polar surface area (TPSA) is 63.7 Å². The Morgan fingerprint density at radius 2 is 1.84 bits per heavy atom. The molecule has 0 aromatic heterocycles. The van der Waals surface area contributed by atoms with Gasteiger partial charge in [0, 0.05) is 13.1 Å². The number of benzene rings is 2. The summed E-state index contributed by atoms with van der Waals surface area (Å²) in [7, 11) is -3.71. The normalized spacial score (nSPS) is 15.3. The van der Waals surface area contributed by atoms with Crippen molar-refractivity contribution in [2.75, 3.05) is 13.1 Å². The molecule has 1 fully saturated rings. The highest BCUT2D eigenvalue weighted by molar-refractivity contribution is 7.89. The molecule has 3 rings (SSSR count). The van der Waals surface area contributed by atoms with Gasteiger partial charge in [0.1, 0.15) is 10.6 Å². The molecule has 0 unspecified atom stereocenters. The molecule has 0 aliphatic carbocycles. The van der Waals surface area contributed by atoms with Crippen molar-refractivity contribution in [2.24, 2.45) is 0 Å². The molecule has 1 saturated heterocycles. The van der Waals surface area contributed by atoms with E-state index >= 15 is 0 Å². The lowest BCUT2D eigenvalue weighted by molar-refractivity contribution is 0.0734. The molecule has 0 bridgehead atoms. The smallest absolute Gasteiger partial charge is 0.343 e. The molecule has 0 spiro atoms. The van der Waals surface area contributed by atoms with Crippen molar-refractivity contribution in [3.8, 4) is 5.75 Å². The Labute approximate surface area is 152 Å². The lowest BCUT2D eigenvalue weighted by Crippen LogP contribution is -2.28. The quantitative estimate of drug-likeness (QED) is 0.600. The van der Waals surface area contributed by atoms with Crippen LogP contribution in [-0.4, -0.2) is 31.8 Å². The monoisotopic (exact) mass is 379 g/mol. The maximum absolute atomic E-state index is 12.7. The summed E-state index contributed by atoms with van der Waals surface area (Å²) in [4.78, 5) is 12.3. The van der Waals surface area contributed by atoms with Crippen molar-refractivity contribution in [1.82, 2.24) is 4.31 Å². The summed E-state index contributed by atoms with van der Waals surface area (Å²) >= 11 is 6.09. The number of hydrogen-bond acceptors (Lipinski definition) is 4. The summed E-state index contributed by atoms with van der Waals surface area (Å²) in [5.74, 6) is -0.218. The minimum absolute atomic E-state index is 0.0604. The van der Waals surface area contributed by atoms with E-state index in [1.165, 1.54) is 22.5 Å². The molecule has 25 heavy (non-hydrogen) atoms. The Kier molecular flexibility index (Phi) is 5.13. The second kappa shape index (κ2) is 7.15. The third kappa shape index (κ3) is 3.86. The first-order valence-corrected chi connectivity index (χ1v) is 9.78.